The summed E-state index contributed by atoms with van der Waals surface area (Å²) in [5.41, 5.74) is 4.29. The van der Waals surface area contributed by atoms with E-state index in [1.54, 1.807) is 29.2 Å². The first-order valence-electron chi connectivity index (χ1n) is 10.4. The number of hydrogen-bond acceptors (Lipinski definition) is 5. The van der Waals surface area contributed by atoms with Crippen LogP contribution in [-0.4, -0.2) is 22.6 Å². The number of fused-ring (bicyclic) bond motifs is 2. The first-order valence-corrected chi connectivity index (χ1v) is 12.6. The number of hydrogen-bond donors (Lipinski definition) is 1. The van der Waals surface area contributed by atoms with Gasteiger partial charge in [0.2, 0.25) is 10.8 Å². The lowest BCUT2D eigenvalue weighted by Gasteiger charge is -2.32. The van der Waals surface area contributed by atoms with Crippen molar-refractivity contribution in [2.75, 3.05) is 16.0 Å². The third-order valence-corrected chi connectivity index (χ3v) is 8.39. The van der Waals surface area contributed by atoms with E-state index < -0.39 is 4.87 Å². The predicted octanol–water partition coefficient (Wildman–Crippen LogP) is 6.15. The van der Waals surface area contributed by atoms with Crippen LogP contribution < -0.4 is 10.2 Å². The molecule has 1 N–H and O–H groups in total. The van der Waals surface area contributed by atoms with Gasteiger partial charge in [0, 0.05) is 38.5 Å². The Morgan fingerprint density at radius 1 is 1.03 bits per heavy atom. The van der Waals surface area contributed by atoms with Crippen molar-refractivity contribution in [1.82, 2.24) is 4.98 Å². The highest BCUT2D eigenvalue weighted by Gasteiger charge is 2.58. The zero-order valence-corrected chi connectivity index (χ0v) is 19.8. The topological polar surface area (TPSA) is 62.3 Å². The van der Waals surface area contributed by atoms with Crippen LogP contribution in [0.15, 0.2) is 72.1 Å². The van der Waals surface area contributed by atoms with E-state index in [-0.39, 0.29) is 23.4 Å². The van der Waals surface area contributed by atoms with E-state index >= 15 is 0 Å². The van der Waals surface area contributed by atoms with Crippen molar-refractivity contribution in [2.45, 2.75) is 4.87 Å². The molecule has 6 rings (SSSR count). The van der Waals surface area contributed by atoms with Crippen LogP contribution in [-0.2, 0) is 14.5 Å². The molecular formula is C25H15ClFN3O2S2. The summed E-state index contributed by atoms with van der Waals surface area (Å²) in [6.07, 6.45) is 0. The van der Waals surface area contributed by atoms with E-state index in [2.05, 4.69) is 10.3 Å². The Hall–Kier alpha value is -3.20. The average molecular weight is 508 g/mol. The molecule has 1 aromatic heterocycles. The Kier molecular flexibility index (Phi) is 4.98. The molecule has 2 aliphatic rings. The summed E-state index contributed by atoms with van der Waals surface area (Å²) >= 11 is 8.95. The van der Waals surface area contributed by atoms with Crippen LogP contribution in [0.5, 0.6) is 0 Å². The maximum Gasteiger partial charge on any atom is 0.266 e. The molecule has 0 aliphatic carbocycles. The van der Waals surface area contributed by atoms with Crippen LogP contribution in [0.4, 0.5) is 15.8 Å². The smallest absolute Gasteiger partial charge is 0.266 e. The second-order valence-electron chi connectivity index (χ2n) is 7.90. The molecular weight excluding hydrogens is 493 g/mol. The number of thiazole rings is 1. The lowest BCUT2D eigenvalue weighted by Crippen LogP contribution is -2.47. The van der Waals surface area contributed by atoms with Gasteiger partial charge in [0.25, 0.3) is 5.91 Å². The number of nitrogens with zero attached hydrogens (tertiary/aromatic N) is 2. The Balaban J connectivity index is 1.36. The highest BCUT2D eigenvalue weighted by molar-refractivity contribution is 8.02. The molecule has 1 unspecified atom stereocenters. The first-order chi connectivity index (χ1) is 16.5. The predicted molar refractivity (Wildman–Crippen MR) is 135 cm³/mol. The van der Waals surface area contributed by atoms with Gasteiger partial charge in [-0.05, 0) is 42.5 Å². The number of thioether (sulfide) groups is 1. The molecule has 1 spiro atoms. The van der Waals surface area contributed by atoms with E-state index in [0.717, 1.165) is 21.8 Å². The van der Waals surface area contributed by atoms with Gasteiger partial charge in [-0.3, -0.25) is 14.5 Å². The largest absolute Gasteiger partial charge is 0.323 e. The number of nitrogens with one attached hydrogen (secondary N) is 1. The van der Waals surface area contributed by atoms with E-state index in [1.165, 1.54) is 35.2 Å². The molecule has 5 nitrogen and oxygen atoms in total. The van der Waals surface area contributed by atoms with Crippen LogP contribution in [0.1, 0.15) is 5.56 Å². The average Bonchev–Trinajstić information content (AvgIpc) is 3.52. The fourth-order valence-corrected chi connectivity index (χ4v) is 6.64. The van der Waals surface area contributed by atoms with Gasteiger partial charge in [-0.15, -0.1) is 23.1 Å². The minimum Gasteiger partial charge on any atom is -0.323 e. The van der Waals surface area contributed by atoms with Gasteiger partial charge < -0.3 is 5.32 Å². The normalized spacial score (nSPS) is 19.1. The van der Waals surface area contributed by atoms with Crippen molar-refractivity contribution in [2.24, 2.45) is 0 Å². The summed E-state index contributed by atoms with van der Waals surface area (Å²) in [5.74, 6) is -0.532. The molecule has 1 fully saturated rings. The van der Waals surface area contributed by atoms with Gasteiger partial charge in [-0.25, -0.2) is 9.37 Å². The maximum absolute atomic E-state index is 13.6. The second kappa shape index (κ2) is 7.94. The van der Waals surface area contributed by atoms with Crippen LogP contribution in [0.3, 0.4) is 0 Å². The summed E-state index contributed by atoms with van der Waals surface area (Å²) in [6.45, 7) is 0. The van der Waals surface area contributed by atoms with E-state index in [1.807, 2.05) is 35.7 Å². The van der Waals surface area contributed by atoms with Crippen LogP contribution in [0.25, 0.3) is 21.8 Å². The fourth-order valence-electron chi connectivity index (χ4n) is 4.34. The number of halogens is 2. The minimum atomic E-state index is -1.19. The Bertz CT molecular complexity index is 1470. The lowest BCUT2D eigenvalue weighted by molar-refractivity contribution is -0.122. The van der Waals surface area contributed by atoms with Crippen LogP contribution in [0, 0.1) is 5.82 Å². The highest BCUT2D eigenvalue weighted by Crippen LogP contribution is 2.54. The summed E-state index contributed by atoms with van der Waals surface area (Å²) in [7, 11) is 0. The van der Waals surface area contributed by atoms with Crippen molar-refractivity contribution in [3.05, 3.63) is 88.5 Å². The van der Waals surface area contributed by atoms with Gasteiger partial charge in [0.15, 0.2) is 0 Å². The molecule has 3 heterocycles. The molecule has 1 atom stereocenters. The Morgan fingerprint density at radius 3 is 2.65 bits per heavy atom. The molecule has 2 amide bonds. The second-order valence-corrected chi connectivity index (χ2v) is 10.4. The number of anilines is 2. The highest BCUT2D eigenvalue weighted by atomic mass is 35.5. The molecule has 0 saturated carbocycles. The standard InChI is InChI=1S/C25H15ClFN3O2S2/c26-16-6-9-20-19(11-16)25(24(32)29-20)30(22(31)13-34-25)18-7-4-14(5-8-18)21-12-33-23(28-21)15-2-1-3-17(27)10-15/h1-12H,13H2,(H,29,32). The zero-order valence-electron chi connectivity index (χ0n) is 17.4. The van der Waals surface area contributed by atoms with Crippen molar-refractivity contribution in [1.29, 1.82) is 0 Å². The number of carbonyl (C=O) groups is 2. The number of carbonyl (C=O) groups excluding carboxylic acids is 2. The zero-order chi connectivity index (χ0) is 23.4. The van der Waals surface area contributed by atoms with E-state index in [4.69, 9.17) is 11.6 Å². The van der Waals surface area contributed by atoms with Crippen LogP contribution >= 0.6 is 34.7 Å². The van der Waals surface area contributed by atoms with Crippen molar-refractivity contribution >= 4 is 57.9 Å². The number of aromatic nitrogens is 1. The summed E-state index contributed by atoms with van der Waals surface area (Å²) < 4.78 is 13.6. The number of amides is 2. The lowest BCUT2D eigenvalue weighted by atomic mass is 10.0. The number of benzene rings is 3. The van der Waals surface area contributed by atoms with Crippen molar-refractivity contribution < 1.29 is 14.0 Å². The third kappa shape index (κ3) is 3.25. The molecule has 2 aliphatic heterocycles. The molecule has 3 aromatic carbocycles. The summed E-state index contributed by atoms with van der Waals surface area (Å²) in [6, 6.07) is 18.9. The Labute approximate surface area is 207 Å². The van der Waals surface area contributed by atoms with Crippen LogP contribution in [0.2, 0.25) is 5.02 Å². The molecule has 1 saturated heterocycles. The van der Waals surface area contributed by atoms with Gasteiger partial charge >= 0.3 is 0 Å². The quantitative estimate of drug-likeness (QED) is 0.361. The summed E-state index contributed by atoms with van der Waals surface area (Å²) in [4.78, 5) is 31.1. The van der Waals surface area contributed by atoms with E-state index in [9.17, 15) is 14.0 Å². The van der Waals surface area contributed by atoms with Crippen molar-refractivity contribution in [3.63, 3.8) is 0 Å². The maximum atomic E-state index is 13.6. The molecule has 9 heteroatoms. The molecule has 4 aromatic rings. The van der Waals surface area contributed by atoms with Crippen molar-refractivity contribution in [3.8, 4) is 21.8 Å². The summed E-state index contributed by atoms with van der Waals surface area (Å²) in [5, 5.41) is 6.03. The van der Waals surface area contributed by atoms with E-state index in [0.29, 0.717) is 22.0 Å². The van der Waals surface area contributed by atoms with Gasteiger partial charge in [-0.2, -0.15) is 0 Å². The molecule has 34 heavy (non-hydrogen) atoms. The molecule has 168 valence electrons. The first kappa shape index (κ1) is 21.3. The van der Waals surface area contributed by atoms with Gasteiger partial charge in [0.05, 0.1) is 11.4 Å². The van der Waals surface area contributed by atoms with Gasteiger partial charge in [0.1, 0.15) is 10.8 Å². The Morgan fingerprint density at radius 2 is 1.85 bits per heavy atom. The minimum absolute atomic E-state index is 0.150. The molecule has 0 radical (unpaired) electrons. The van der Waals surface area contributed by atoms with Gasteiger partial charge in [-0.1, -0.05) is 35.9 Å². The molecule has 0 bridgehead atoms. The number of rotatable bonds is 3. The fraction of sp³-hybridized carbons (Fsp3) is 0.0800. The SMILES string of the molecule is O=C1CSC2(C(=O)Nc3ccc(Cl)cc32)N1c1ccc(-c2csc(-c3cccc(F)c3)n2)cc1. The monoisotopic (exact) mass is 507 g/mol. The third-order valence-electron chi connectivity index (χ3n) is 5.87.